The number of ether oxygens (including phenoxy) is 5. The van der Waals surface area contributed by atoms with E-state index in [-0.39, 0.29) is 32.3 Å². The molecule has 2 heterocycles. The maximum absolute atomic E-state index is 13.2. The molecule has 0 saturated carbocycles. The van der Waals surface area contributed by atoms with E-state index in [9.17, 15) is 9.59 Å². The van der Waals surface area contributed by atoms with Gasteiger partial charge < -0.3 is 23.7 Å². The highest BCUT2D eigenvalue weighted by Gasteiger charge is 2.50. The van der Waals surface area contributed by atoms with Crippen LogP contribution < -0.4 is 0 Å². The monoisotopic (exact) mass is 513 g/mol. The van der Waals surface area contributed by atoms with Crippen molar-refractivity contribution in [2.24, 2.45) is 0 Å². The molecule has 9 heteroatoms. The smallest absolute Gasteiger partial charge is 0.410 e. The van der Waals surface area contributed by atoms with Crippen LogP contribution in [0.2, 0.25) is 25.7 Å². The zero-order valence-corrected chi connectivity index (χ0v) is 22.1. The van der Waals surface area contributed by atoms with E-state index in [2.05, 4.69) is 19.6 Å². The van der Waals surface area contributed by atoms with Gasteiger partial charge >= 0.3 is 6.09 Å². The Bertz CT molecular complexity index is 998. The van der Waals surface area contributed by atoms with Crippen LogP contribution in [-0.4, -0.2) is 69.7 Å². The van der Waals surface area contributed by atoms with E-state index in [1.54, 1.807) is 0 Å². The minimum Gasteiger partial charge on any atom is -0.445 e. The van der Waals surface area contributed by atoms with E-state index in [1.807, 2.05) is 60.7 Å². The van der Waals surface area contributed by atoms with Gasteiger partial charge in [0.1, 0.15) is 25.6 Å². The summed E-state index contributed by atoms with van der Waals surface area (Å²) in [5.41, 5.74) is 1.69. The summed E-state index contributed by atoms with van der Waals surface area (Å²) in [6.45, 7) is 7.56. The molecule has 0 N–H and O–H groups in total. The predicted molar refractivity (Wildman–Crippen MR) is 136 cm³/mol. The summed E-state index contributed by atoms with van der Waals surface area (Å²) >= 11 is 0. The van der Waals surface area contributed by atoms with Crippen LogP contribution in [0.3, 0.4) is 0 Å². The molecule has 194 valence electrons. The first kappa shape index (κ1) is 26.5. The predicted octanol–water partition coefficient (Wildman–Crippen LogP) is 4.39. The number of benzene rings is 2. The average molecular weight is 514 g/mol. The summed E-state index contributed by atoms with van der Waals surface area (Å²) in [5, 5.41) is 0. The van der Waals surface area contributed by atoms with Crippen molar-refractivity contribution in [3.63, 3.8) is 0 Å². The number of rotatable bonds is 9. The topological polar surface area (TPSA) is 83.5 Å². The number of nitrogens with zero attached hydrogens (tertiary/aromatic N) is 1. The number of carbonyl (C=O) groups excluding carboxylic acids is 2. The minimum atomic E-state index is -1.24. The number of Topliss-reactive ketones (excluding diaryl/α,β-unsaturated/α-hetero) is 1. The molecule has 36 heavy (non-hydrogen) atoms. The van der Waals surface area contributed by atoms with Gasteiger partial charge in [-0.2, -0.15) is 0 Å². The summed E-state index contributed by atoms with van der Waals surface area (Å²) < 4.78 is 29.3. The Morgan fingerprint density at radius 2 is 1.75 bits per heavy atom. The number of hydrogen-bond acceptors (Lipinski definition) is 7. The Hall–Kier alpha value is -2.56. The Kier molecular flexibility index (Phi) is 8.92. The van der Waals surface area contributed by atoms with Crippen molar-refractivity contribution < 1.29 is 33.3 Å². The van der Waals surface area contributed by atoms with E-state index in [1.165, 1.54) is 4.90 Å². The van der Waals surface area contributed by atoms with Gasteiger partial charge in [0.15, 0.2) is 12.1 Å². The van der Waals surface area contributed by atoms with Crippen molar-refractivity contribution >= 4 is 20.0 Å². The molecule has 4 atom stereocenters. The number of carbonyl (C=O) groups is 2. The van der Waals surface area contributed by atoms with Crippen LogP contribution in [0.1, 0.15) is 17.4 Å². The van der Waals surface area contributed by atoms with Gasteiger partial charge in [-0.25, -0.2) is 4.79 Å². The first-order valence-electron chi connectivity index (χ1n) is 12.3. The molecule has 1 amide bonds. The van der Waals surface area contributed by atoms with E-state index < -0.39 is 38.7 Å². The molecule has 2 aromatic carbocycles. The lowest BCUT2D eigenvalue weighted by atomic mass is 9.94. The van der Waals surface area contributed by atoms with Crippen molar-refractivity contribution in [2.75, 3.05) is 26.6 Å². The number of piperidine rings is 1. The lowest BCUT2D eigenvalue weighted by Crippen LogP contribution is -2.66. The Morgan fingerprint density at radius 3 is 2.44 bits per heavy atom. The SMILES string of the molecule is C[Si](C)(C)CCOCO[C@@H]1C(=O)CN(C(=O)OCc2ccccc2)[C@@H]2CO[C@@H](c3ccccc3)O[C@@H]12. The van der Waals surface area contributed by atoms with Crippen LogP contribution in [0.5, 0.6) is 0 Å². The molecular formula is C27H35NO7Si. The van der Waals surface area contributed by atoms with Crippen LogP contribution in [0.4, 0.5) is 4.79 Å². The summed E-state index contributed by atoms with van der Waals surface area (Å²) in [5.74, 6) is -0.254. The lowest BCUT2D eigenvalue weighted by Gasteiger charge is -2.47. The fourth-order valence-electron chi connectivity index (χ4n) is 4.19. The maximum Gasteiger partial charge on any atom is 0.410 e. The van der Waals surface area contributed by atoms with Crippen molar-refractivity contribution in [3.05, 3.63) is 71.8 Å². The third-order valence-corrected chi connectivity index (χ3v) is 7.96. The van der Waals surface area contributed by atoms with Crippen LogP contribution in [-0.2, 0) is 35.1 Å². The first-order valence-corrected chi connectivity index (χ1v) is 16.0. The molecule has 0 unspecified atom stereocenters. The molecule has 2 aliphatic rings. The van der Waals surface area contributed by atoms with E-state index in [0.29, 0.717) is 6.61 Å². The number of ketones is 1. The molecule has 0 bridgehead atoms. The maximum atomic E-state index is 13.2. The number of amides is 1. The average Bonchev–Trinajstić information content (AvgIpc) is 2.88. The second kappa shape index (κ2) is 12.1. The fraction of sp³-hybridized carbons (Fsp3) is 0.481. The highest BCUT2D eigenvalue weighted by molar-refractivity contribution is 6.76. The van der Waals surface area contributed by atoms with Gasteiger partial charge in [-0.1, -0.05) is 80.3 Å². The van der Waals surface area contributed by atoms with Gasteiger partial charge in [-0.15, -0.1) is 0 Å². The molecule has 0 aliphatic carbocycles. The normalized spacial score (nSPS) is 24.3. The summed E-state index contributed by atoms with van der Waals surface area (Å²) in [6, 6.07) is 19.4. The third-order valence-electron chi connectivity index (χ3n) is 6.26. The van der Waals surface area contributed by atoms with E-state index in [0.717, 1.165) is 17.2 Å². The van der Waals surface area contributed by atoms with Gasteiger partial charge in [0, 0.05) is 20.2 Å². The second-order valence-electron chi connectivity index (χ2n) is 10.3. The number of fused-ring (bicyclic) bond motifs is 1. The van der Waals surface area contributed by atoms with Gasteiger partial charge in [0.25, 0.3) is 0 Å². The van der Waals surface area contributed by atoms with Gasteiger partial charge in [0.2, 0.25) is 0 Å². The lowest BCUT2D eigenvalue weighted by molar-refractivity contribution is -0.275. The Labute approximate surface area is 213 Å². The van der Waals surface area contributed by atoms with Crippen LogP contribution in [0, 0.1) is 0 Å². The molecule has 2 aromatic rings. The molecule has 4 rings (SSSR count). The molecular weight excluding hydrogens is 478 g/mol. The van der Waals surface area contributed by atoms with Crippen molar-refractivity contribution in [2.45, 2.75) is 56.8 Å². The highest BCUT2D eigenvalue weighted by Crippen LogP contribution is 2.34. The van der Waals surface area contributed by atoms with Crippen LogP contribution >= 0.6 is 0 Å². The number of likely N-dealkylation sites (tertiary alicyclic amines) is 1. The third kappa shape index (κ3) is 7.01. The molecule has 2 aliphatic heterocycles. The van der Waals surface area contributed by atoms with Crippen molar-refractivity contribution in [3.8, 4) is 0 Å². The molecule has 0 aromatic heterocycles. The van der Waals surface area contributed by atoms with Crippen LogP contribution in [0.15, 0.2) is 60.7 Å². The summed E-state index contributed by atoms with van der Waals surface area (Å²) in [6.07, 6.45) is -2.83. The largest absolute Gasteiger partial charge is 0.445 e. The minimum absolute atomic E-state index is 0.0111. The molecule has 2 fully saturated rings. The van der Waals surface area contributed by atoms with Crippen LogP contribution in [0.25, 0.3) is 0 Å². The summed E-state index contributed by atoms with van der Waals surface area (Å²) in [4.78, 5) is 27.6. The molecule has 2 saturated heterocycles. The first-order chi connectivity index (χ1) is 17.3. The Morgan fingerprint density at radius 1 is 1.06 bits per heavy atom. The van der Waals surface area contributed by atoms with E-state index >= 15 is 0 Å². The standard InChI is InChI=1S/C27H35NO7Si/c1-36(2,3)15-14-31-19-34-25-23(29)16-28(27(30)33-17-20-10-6-4-7-11-20)22-18-32-26(35-24(22)25)21-12-8-5-9-13-21/h4-13,22,24-26H,14-19H2,1-3H3/t22-,24-,25-,26-/m1/s1. The molecule has 0 radical (unpaired) electrons. The number of hydrogen-bond donors (Lipinski definition) is 0. The zero-order valence-electron chi connectivity index (χ0n) is 21.1. The molecule has 0 spiro atoms. The fourth-order valence-corrected chi connectivity index (χ4v) is 4.94. The van der Waals surface area contributed by atoms with Gasteiger partial charge in [-0.3, -0.25) is 9.69 Å². The van der Waals surface area contributed by atoms with Crippen molar-refractivity contribution in [1.29, 1.82) is 0 Å². The highest BCUT2D eigenvalue weighted by atomic mass is 28.3. The van der Waals surface area contributed by atoms with E-state index in [4.69, 9.17) is 23.7 Å². The van der Waals surface area contributed by atoms with Gasteiger partial charge in [-0.05, 0) is 11.6 Å². The van der Waals surface area contributed by atoms with Gasteiger partial charge in [0.05, 0.1) is 19.2 Å². The quantitative estimate of drug-likeness (QED) is 0.279. The zero-order chi connectivity index (χ0) is 25.5. The molecule has 8 nitrogen and oxygen atoms in total. The van der Waals surface area contributed by atoms with Crippen molar-refractivity contribution in [1.82, 2.24) is 4.90 Å². The Balaban J connectivity index is 1.44. The second-order valence-corrected chi connectivity index (χ2v) is 15.9. The summed E-state index contributed by atoms with van der Waals surface area (Å²) in [7, 11) is -1.24.